The Morgan fingerprint density at radius 1 is 0.944 bits per heavy atom. The highest BCUT2D eigenvalue weighted by Gasteiger charge is 2.43. The van der Waals surface area contributed by atoms with Gasteiger partial charge < -0.3 is 20.7 Å². The highest BCUT2D eigenvalue weighted by molar-refractivity contribution is 7.13. The number of benzene rings is 3. The highest BCUT2D eigenvalue weighted by Crippen LogP contribution is 2.52. The predicted molar refractivity (Wildman–Crippen MR) is 139 cm³/mol. The zero-order chi connectivity index (χ0) is 25.1. The molecule has 5 rings (SSSR count). The molecule has 0 bridgehead atoms. The molecule has 3 N–H and O–H groups in total. The van der Waals surface area contributed by atoms with Gasteiger partial charge in [0.2, 0.25) is 11.0 Å². The van der Waals surface area contributed by atoms with Gasteiger partial charge >= 0.3 is 6.03 Å². The van der Waals surface area contributed by atoms with Gasteiger partial charge in [-0.2, -0.15) is 0 Å². The molecule has 4 aromatic rings. The first-order chi connectivity index (χ1) is 17.4. The molecule has 1 aromatic heterocycles. The molecule has 0 saturated heterocycles. The first kappa shape index (κ1) is 23.5. The molecule has 36 heavy (non-hydrogen) atoms. The second-order valence-corrected chi connectivity index (χ2v) is 9.87. The largest absolute Gasteiger partial charge is 0.457 e. The molecule has 3 aromatic carbocycles. The Labute approximate surface area is 212 Å². The number of carbonyl (C=O) groups excluding carboxylic acids is 2. The smallest absolute Gasteiger partial charge is 0.319 e. The van der Waals surface area contributed by atoms with Crippen LogP contribution < -0.4 is 20.7 Å². The first-order valence-electron chi connectivity index (χ1n) is 11.5. The van der Waals surface area contributed by atoms with Crippen molar-refractivity contribution in [3.63, 3.8) is 0 Å². The lowest BCUT2D eigenvalue weighted by Gasteiger charge is -2.38. The molecule has 0 aliphatic carbocycles. The lowest BCUT2D eigenvalue weighted by atomic mass is 9.69. The molecule has 9 heteroatoms. The Bertz CT molecular complexity index is 1390. The van der Waals surface area contributed by atoms with Gasteiger partial charge in [0.15, 0.2) is 0 Å². The van der Waals surface area contributed by atoms with E-state index in [-0.39, 0.29) is 17.9 Å². The number of anilines is 2. The maximum absolute atomic E-state index is 13.4. The van der Waals surface area contributed by atoms with E-state index in [9.17, 15) is 9.59 Å². The van der Waals surface area contributed by atoms with Gasteiger partial charge in [0.05, 0.1) is 5.41 Å². The Hall–Kier alpha value is -4.24. The van der Waals surface area contributed by atoms with Crippen LogP contribution in [0.1, 0.15) is 36.5 Å². The van der Waals surface area contributed by atoms with Crippen molar-refractivity contribution in [2.45, 2.75) is 26.3 Å². The molecule has 0 radical (unpaired) electrons. The molecule has 182 valence electrons. The molecule has 1 aliphatic rings. The molecule has 2 heterocycles. The van der Waals surface area contributed by atoms with Gasteiger partial charge in [-0.25, -0.2) is 4.79 Å². The van der Waals surface area contributed by atoms with E-state index in [2.05, 4.69) is 26.1 Å². The van der Waals surface area contributed by atoms with E-state index in [1.165, 1.54) is 11.3 Å². The van der Waals surface area contributed by atoms with Crippen LogP contribution in [0.15, 0.2) is 78.3 Å². The summed E-state index contributed by atoms with van der Waals surface area (Å²) in [5, 5.41) is 16.8. The van der Waals surface area contributed by atoms with Crippen LogP contribution in [0.2, 0.25) is 0 Å². The summed E-state index contributed by atoms with van der Waals surface area (Å²) in [6.45, 7) is 4.23. The number of amides is 3. The molecule has 0 fully saturated rings. The number of fused-ring (bicyclic) bond motifs is 2. The lowest BCUT2D eigenvalue weighted by molar-refractivity contribution is -0.124. The monoisotopic (exact) mass is 499 g/mol. The van der Waals surface area contributed by atoms with Crippen LogP contribution in [0, 0.1) is 5.41 Å². The molecular formula is C27H25N5O3S. The van der Waals surface area contributed by atoms with E-state index >= 15 is 0 Å². The van der Waals surface area contributed by atoms with Gasteiger partial charge in [0, 0.05) is 35.3 Å². The first-order valence-corrected chi connectivity index (χ1v) is 12.4. The van der Waals surface area contributed by atoms with Crippen LogP contribution in [0.3, 0.4) is 0 Å². The van der Waals surface area contributed by atoms with E-state index in [4.69, 9.17) is 4.74 Å². The summed E-state index contributed by atoms with van der Waals surface area (Å²) in [5.74, 6) is 0.814. The number of hydrogen-bond acceptors (Lipinski definition) is 6. The average Bonchev–Trinajstić information content (AvgIpc) is 3.39. The maximum Gasteiger partial charge on any atom is 0.319 e. The summed E-state index contributed by atoms with van der Waals surface area (Å²) in [6, 6.07) is 22.6. The zero-order valence-electron chi connectivity index (χ0n) is 19.8. The van der Waals surface area contributed by atoms with Gasteiger partial charge in [-0.15, -0.1) is 10.2 Å². The van der Waals surface area contributed by atoms with Gasteiger partial charge in [-0.1, -0.05) is 79.8 Å². The molecule has 0 saturated carbocycles. The molecule has 3 amide bonds. The van der Waals surface area contributed by atoms with Crippen LogP contribution in [0.25, 0.3) is 0 Å². The summed E-state index contributed by atoms with van der Waals surface area (Å²) >= 11 is 1.27. The number of hydrogen-bond donors (Lipinski definition) is 3. The normalized spacial score (nSPS) is 14.1. The minimum atomic E-state index is -0.845. The van der Waals surface area contributed by atoms with Crippen LogP contribution in [-0.2, 0) is 11.3 Å². The predicted octanol–water partition coefficient (Wildman–Crippen LogP) is 5.76. The van der Waals surface area contributed by atoms with Gasteiger partial charge in [0.1, 0.15) is 17.0 Å². The zero-order valence-corrected chi connectivity index (χ0v) is 20.6. The molecule has 0 spiro atoms. The summed E-state index contributed by atoms with van der Waals surface area (Å²) < 4.78 is 6.22. The average molecular weight is 500 g/mol. The molecule has 1 unspecified atom stereocenters. The van der Waals surface area contributed by atoms with E-state index in [1.54, 1.807) is 11.6 Å². The Morgan fingerprint density at radius 3 is 2.47 bits per heavy atom. The van der Waals surface area contributed by atoms with Crippen molar-refractivity contribution in [2.24, 2.45) is 5.41 Å². The second-order valence-electron chi connectivity index (χ2n) is 9.04. The highest BCUT2D eigenvalue weighted by atomic mass is 32.1. The minimum absolute atomic E-state index is 0.172. The number of nitrogens with one attached hydrogen (secondary N) is 3. The van der Waals surface area contributed by atoms with Crippen molar-refractivity contribution >= 4 is 34.1 Å². The molecule has 1 aliphatic heterocycles. The maximum atomic E-state index is 13.4. The van der Waals surface area contributed by atoms with Crippen LogP contribution in [0.4, 0.5) is 15.6 Å². The van der Waals surface area contributed by atoms with Crippen molar-refractivity contribution < 1.29 is 14.3 Å². The van der Waals surface area contributed by atoms with Crippen LogP contribution >= 0.6 is 11.3 Å². The van der Waals surface area contributed by atoms with E-state index in [0.29, 0.717) is 28.9 Å². The summed E-state index contributed by atoms with van der Waals surface area (Å²) in [4.78, 5) is 25.9. The fourth-order valence-electron chi connectivity index (χ4n) is 4.38. The Morgan fingerprint density at radius 2 is 1.69 bits per heavy atom. The van der Waals surface area contributed by atoms with Gasteiger partial charge in [0.25, 0.3) is 0 Å². The number of para-hydroxylation sites is 1. The van der Waals surface area contributed by atoms with E-state index in [0.717, 1.165) is 16.7 Å². The standard InChI is InChI=1S/C27H25N5O3S/c1-27(2,24(33)31-26-32-29-16-36-26)23-19-10-6-7-11-21(19)35-22-14-18(12-13-20(22)23)30-25(34)28-15-17-8-4-3-5-9-17/h3-14,16,23H,15H2,1-2H3,(H2,28,30,34)(H,31,32,33). The number of ether oxygens (including phenoxy) is 1. The molecular weight excluding hydrogens is 474 g/mol. The Kier molecular flexibility index (Phi) is 6.39. The number of carbonyl (C=O) groups is 2. The van der Waals surface area contributed by atoms with Crippen LogP contribution in [0.5, 0.6) is 11.5 Å². The number of rotatable bonds is 6. The Balaban J connectivity index is 1.40. The van der Waals surface area contributed by atoms with Gasteiger partial charge in [-0.3, -0.25) is 4.79 Å². The SMILES string of the molecule is CC(C)(C(=O)Nc1nncs1)C1c2ccccc2Oc2cc(NC(=O)NCc3ccccc3)ccc21. The summed E-state index contributed by atoms with van der Waals surface area (Å²) in [5.41, 5.74) is 4.11. The molecule has 8 nitrogen and oxygen atoms in total. The third kappa shape index (κ3) is 4.78. The molecule has 1 atom stereocenters. The quantitative estimate of drug-likeness (QED) is 0.313. The number of urea groups is 1. The van der Waals surface area contributed by atoms with Crippen molar-refractivity contribution in [3.8, 4) is 11.5 Å². The number of aromatic nitrogens is 2. The minimum Gasteiger partial charge on any atom is -0.457 e. The fourth-order valence-corrected chi connectivity index (χ4v) is 4.82. The van der Waals surface area contributed by atoms with E-state index in [1.807, 2.05) is 80.6 Å². The lowest BCUT2D eigenvalue weighted by Crippen LogP contribution is -2.38. The van der Waals surface area contributed by atoms with Crippen molar-refractivity contribution in [1.82, 2.24) is 15.5 Å². The van der Waals surface area contributed by atoms with Crippen molar-refractivity contribution in [3.05, 3.63) is 95.0 Å². The van der Waals surface area contributed by atoms with E-state index < -0.39 is 5.41 Å². The van der Waals surface area contributed by atoms with Crippen molar-refractivity contribution in [1.29, 1.82) is 0 Å². The summed E-state index contributed by atoms with van der Waals surface area (Å²) in [7, 11) is 0. The van der Waals surface area contributed by atoms with Crippen molar-refractivity contribution in [2.75, 3.05) is 10.6 Å². The third-order valence-corrected chi connectivity index (χ3v) is 6.82. The third-order valence-electron chi connectivity index (χ3n) is 6.22. The summed E-state index contributed by atoms with van der Waals surface area (Å²) in [6.07, 6.45) is 0. The second kappa shape index (κ2) is 9.79. The number of nitrogens with zero attached hydrogens (tertiary/aromatic N) is 2. The fraction of sp³-hybridized carbons (Fsp3) is 0.185. The topological polar surface area (TPSA) is 105 Å². The van der Waals surface area contributed by atoms with Gasteiger partial charge in [-0.05, 0) is 17.7 Å². The van der Waals surface area contributed by atoms with Crippen LogP contribution in [-0.4, -0.2) is 22.1 Å².